The molecule has 0 aliphatic heterocycles. The standard InChI is InChI=1S/C21H18BrNO/c1-23(15-16-7-13-20(22)14-8-16)21(24)19-11-9-18(10-12-19)17-5-3-2-4-6-17/h2-14H,15H2,1H3. The number of amides is 1. The van der Waals surface area contributed by atoms with Gasteiger partial charge in [-0.25, -0.2) is 0 Å². The molecule has 3 heteroatoms. The minimum atomic E-state index is 0.0255. The van der Waals surface area contributed by atoms with Crippen molar-refractivity contribution in [3.05, 3.63) is 94.5 Å². The first kappa shape index (κ1) is 16.5. The largest absolute Gasteiger partial charge is 0.337 e. The van der Waals surface area contributed by atoms with Crippen LogP contribution in [0.25, 0.3) is 11.1 Å². The molecule has 0 fully saturated rings. The van der Waals surface area contributed by atoms with Gasteiger partial charge in [0.15, 0.2) is 0 Å². The Morgan fingerprint density at radius 2 is 1.42 bits per heavy atom. The van der Waals surface area contributed by atoms with Crippen molar-refractivity contribution in [2.75, 3.05) is 7.05 Å². The molecule has 3 aromatic carbocycles. The summed E-state index contributed by atoms with van der Waals surface area (Å²) in [4.78, 5) is 14.3. The second kappa shape index (κ2) is 7.45. The van der Waals surface area contributed by atoms with Gasteiger partial charge in [-0.05, 0) is 41.0 Å². The Bertz CT molecular complexity index is 811. The fourth-order valence-corrected chi connectivity index (χ4v) is 2.86. The zero-order valence-corrected chi connectivity index (χ0v) is 15.0. The molecule has 0 aliphatic rings. The Balaban J connectivity index is 1.71. The normalized spacial score (nSPS) is 10.4. The van der Waals surface area contributed by atoms with Crippen molar-refractivity contribution in [1.29, 1.82) is 0 Å². The smallest absolute Gasteiger partial charge is 0.253 e. The predicted octanol–water partition coefficient (Wildman–Crippen LogP) is 5.39. The van der Waals surface area contributed by atoms with E-state index in [1.54, 1.807) is 4.90 Å². The Hall–Kier alpha value is -2.39. The van der Waals surface area contributed by atoms with E-state index in [-0.39, 0.29) is 5.91 Å². The molecule has 3 aromatic rings. The third-order valence-electron chi connectivity index (χ3n) is 3.92. The van der Waals surface area contributed by atoms with Crippen LogP contribution in [-0.4, -0.2) is 17.9 Å². The van der Waals surface area contributed by atoms with Gasteiger partial charge in [-0.3, -0.25) is 4.79 Å². The van der Waals surface area contributed by atoms with E-state index in [9.17, 15) is 4.79 Å². The van der Waals surface area contributed by atoms with Crippen LogP contribution in [0.15, 0.2) is 83.3 Å². The van der Waals surface area contributed by atoms with E-state index < -0.39 is 0 Å². The van der Waals surface area contributed by atoms with Gasteiger partial charge < -0.3 is 4.90 Å². The molecule has 0 saturated carbocycles. The Morgan fingerprint density at radius 1 is 0.833 bits per heavy atom. The summed E-state index contributed by atoms with van der Waals surface area (Å²) in [5, 5.41) is 0. The minimum Gasteiger partial charge on any atom is -0.337 e. The highest BCUT2D eigenvalue weighted by Gasteiger charge is 2.12. The summed E-state index contributed by atoms with van der Waals surface area (Å²) in [6, 6.07) is 26.0. The molecule has 0 heterocycles. The molecule has 24 heavy (non-hydrogen) atoms. The molecule has 0 spiro atoms. The Kier molecular flexibility index (Phi) is 5.11. The highest BCUT2D eigenvalue weighted by Crippen LogP contribution is 2.20. The van der Waals surface area contributed by atoms with Gasteiger partial charge in [-0.2, -0.15) is 0 Å². The first-order chi connectivity index (χ1) is 11.6. The molecule has 0 unspecified atom stereocenters. The monoisotopic (exact) mass is 379 g/mol. The molecule has 0 aromatic heterocycles. The summed E-state index contributed by atoms with van der Waals surface area (Å²) in [5.74, 6) is 0.0255. The van der Waals surface area contributed by atoms with Crippen LogP contribution >= 0.6 is 15.9 Å². The maximum atomic E-state index is 12.6. The van der Waals surface area contributed by atoms with E-state index in [1.165, 1.54) is 0 Å². The Morgan fingerprint density at radius 3 is 2.04 bits per heavy atom. The number of halogens is 1. The zero-order chi connectivity index (χ0) is 16.9. The maximum Gasteiger partial charge on any atom is 0.253 e. The molecule has 0 N–H and O–H groups in total. The average Bonchev–Trinajstić information content (AvgIpc) is 2.64. The molecule has 0 bridgehead atoms. The second-order valence-corrected chi connectivity index (χ2v) is 6.65. The van der Waals surface area contributed by atoms with E-state index in [0.29, 0.717) is 12.1 Å². The van der Waals surface area contributed by atoms with Crippen LogP contribution in [0.5, 0.6) is 0 Å². The molecule has 0 atom stereocenters. The first-order valence-corrected chi connectivity index (χ1v) is 8.58. The van der Waals surface area contributed by atoms with E-state index in [0.717, 1.165) is 21.2 Å². The zero-order valence-electron chi connectivity index (χ0n) is 13.4. The summed E-state index contributed by atoms with van der Waals surface area (Å²) in [5.41, 5.74) is 4.08. The number of nitrogens with zero attached hydrogens (tertiary/aromatic N) is 1. The van der Waals surface area contributed by atoms with Gasteiger partial charge in [0.2, 0.25) is 0 Å². The van der Waals surface area contributed by atoms with Crippen LogP contribution in [0, 0.1) is 0 Å². The van der Waals surface area contributed by atoms with Crippen molar-refractivity contribution in [2.24, 2.45) is 0 Å². The van der Waals surface area contributed by atoms with Gasteiger partial charge in [0.25, 0.3) is 5.91 Å². The summed E-state index contributed by atoms with van der Waals surface area (Å²) >= 11 is 3.42. The minimum absolute atomic E-state index is 0.0255. The van der Waals surface area contributed by atoms with Gasteiger partial charge in [0.05, 0.1) is 0 Å². The average molecular weight is 380 g/mol. The van der Waals surface area contributed by atoms with Gasteiger partial charge in [0.1, 0.15) is 0 Å². The lowest BCUT2D eigenvalue weighted by molar-refractivity contribution is 0.0785. The van der Waals surface area contributed by atoms with Crippen LogP contribution in [0.2, 0.25) is 0 Å². The lowest BCUT2D eigenvalue weighted by Crippen LogP contribution is -2.26. The first-order valence-electron chi connectivity index (χ1n) is 7.79. The van der Waals surface area contributed by atoms with Crippen LogP contribution in [0.4, 0.5) is 0 Å². The fraction of sp³-hybridized carbons (Fsp3) is 0.0952. The molecule has 1 amide bonds. The van der Waals surface area contributed by atoms with Gasteiger partial charge in [-0.1, -0.05) is 70.5 Å². The van der Waals surface area contributed by atoms with Gasteiger partial charge in [-0.15, -0.1) is 0 Å². The number of hydrogen-bond donors (Lipinski definition) is 0. The molecular formula is C21H18BrNO. The van der Waals surface area contributed by atoms with E-state index in [4.69, 9.17) is 0 Å². The van der Waals surface area contributed by atoms with E-state index in [2.05, 4.69) is 28.1 Å². The Labute approximate surface area is 150 Å². The quantitative estimate of drug-likeness (QED) is 0.595. The van der Waals surface area contributed by atoms with Crippen LogP contribution in [-0.2, 0) is 6.54 Å². The van der Waals surface area contributed by atoms with Gasteiger partial charge in [0, 0.05) is 23.6 Å². The number of carbonyl (C=O) groups is 1. The molecule has 3 rings (SSSR count). The highest BCUT2D eigenvalue weighted by molar-refractivity contribution is 9.10. The van der Waals surface area contributed by atoms with Crippen molar-refractivity contribution in [3.8, 4) is 11.1 Å². The van der Waals surface area contributed by atoms with Crippen molar-refractivity contribution in [1.82, 2.24) is 4.90 Å². The fourth-order valence-electron chi connectivity index (χ4n) is 2.59. The van der Waals surface area contributed by atoms with Crippen LogP contribution in [0.1, 0.15) is 15.9 Å². The van der Waals surface area contributed by atoms with Crippen molar-refractivity contribution >= 4 is 21.8 Å². The molecule has 0 aliphatic carbocycles. The molecule has 2 nitrogen and oxygen atoms in total. The molecule has 0 saturated heterocycles. The van der Waals surface area contributed by atoms with E-state index in [1.807, 2.05) is 73.8 Å². The summed E-state index contributed by atoms with van der Waals surface area (Å²) < 4.78 is 1.04. The van der Waals surface area contributed by atoms with Crippen LogP contribution in [0.3, 0.4) is 0 Å². The highest BCUT2D eigenvalue weighted by atomic mass is 79.9. The SMILES string of the molecule is CN(Cc1ccc(Br)cc1)C(=O)c1ccc(-c2ccccc2)cc1. The maximum absolute atomic E-state index is 12.6. The third kappa shape index (κ3) is 3.92. The third-order valence-corrected chi connectivity index (χ3v) is 4.45. The van der Waals surface area contributed by atoms with E-state index >= 15 is 0 Å². The topological polar surface area (TPSA) is 20.3 Å². The summed E-state index contributed by atoms with van der Waals surface area (Å²) in [7, 11) is 1.83. The van der Waals surface area contributed by atoms with Crippen molar-refractivity contribution < 1.29 is 4.79 Å². The lowest BCUT2D eigenvalue weighted by Gasteiger charge is -2.17. The van der Waals surface area contributed by atoms with Gasteiger partial charge >= 0.3 is 0 Å². The number of hydrogen-bond acceptors (Lipinski definition) is 1. The van der Waals surface area contributed by atoms with Crippen LogP contribution < -0.4 is 0 Å². The lowest BCUT2D eigenvalue weighted by atomic mass is 10.0. The molecular weight excluding hydrogens is 362 g/mol. The number of benzene rings is 3. The van der Waals surface area contributed by atoms with Crippen molar-refractivity contribution in [2.45, 2.75) is 6.54 Å². The number of carbonyl (C=O) groups excluding carboxylic acids is 1. The molecule has 120 valence electrons. The predicted molar refractivity (Wildman–Crippen MR) is 102 cm³/mol. The summed E-state index contributed by atoms with van der Waals surface area (Å²) in [6.07, 6.45) is 0. The second-order valence-electron chi connectivity index (χ2n) is 5.73. The van der Waals surface area contributed by atoms with Crippen molar-refractivity contribution in [3.63, 3.8) is 0 Å². The summed E-state index contributed by atoms with van der Waals surface area (Å²) in [6.45, 7) is 0.590. The molecule has 0 radical (unpaired) electrons. The number of rotatable bonds is 4.